The lowest BCUT2D eigenvalue weighted by molar-refractivity contribution is -0.136. The fourth-order valence-corrected chi connectivity index (χ4v) is 4.85. The molecule has 0 N–H and O–H groups in total. The lowest BCUT2D eigenvalue weighted by atomic mass is 10.2. The summed E-state index contributed by atoms with van der Waals surface area (Å²) in [5, 5.41) is 0. The van der Waals surface area contributed by atoms with Gasteiger partial charge in [-0.05, 0) is 25.0 Å². The van der Waals surface area contributed by atoms with Crippen molar-refractivity contribution in [2.75, 3.05) is 38.9 Å². The molecule has 28 heavy (non-hydrogen) atoms. The number of esters is 1. The summed E-state index contributed by atoms with van der Waals surface area (Å²) in [6.07, 6.45) is 2.03. The van der Waals surface area contributed by atoms with E-state index in [-0.39, 0.29) is 28.9 Å². The van der Waals surface area contributed by atoms with E-state index in [4.69, 9.17) is 14.2 Å². The van der Waals surface area contributed by atoms with Gasteiger partial charge in [-0.3, -0.25) is 4.79 Å². The van der Waals surface area contributed by atoms with Crippen LogP contribution in [-0.4, -0.2) is 70.1 Å². The Kier molecular flexibility index (Phi) is 7.68. The minimum Gasteiger partial charge on any atom is -0.497 e. The second-order valence-corrected chi connectivity index (χ2v) is 8.87. The second kappa shape index (κ2) is 9.77. The third kappa shape index (κ3) is 5.60. The Bertz CT molecular complexity index is 807. The molecule has 0 radical (unpaired) electrons. The molecule has 1 amide bonds. The van der Waals surface area contributed by atoms with Crippen molar-refractivity contribution in [2.45, 2.75) is 32.2 Å². The Balaban J connectivity index is 2.04. The molecule has 0 saturated carbocycles. The molecule has 0 aromatic heterocycles. The smallest absolute Gasteiger partial charge is 0.342 e. The fourth-order valence-electron chi connectivity index (χ4n) is 3.12. The molecule has 1 aliphatic rings. The van der Waals surface area contributed by atoms with Gasteiger partial charge in [0.1, 0.15) is 17.1 Å². The molecular formula is C19H27NO7S. The third-order valence-corrected chi connectivity index (χ3v) is 6.43. The molecule has 1 aromatic carbocycles. The predicted molar refractivity (Wildman–Crippen MR) is 104 cm³/mol. The molecule has 1 heterocycles. The molecule has 0 unspecified atom stereocenters. The molecule has 1 atom stereocenters. The predicted octanol–water partition coefficient (Wildman–Crippen LogP) is 1.68. The molecule has 156 valence electrons. The van der Waals surface area contributed by atoms with Crippen LogP contribution < -0.4 is 9.47 Å². The van der Waals surface area contributed by atoms with Crippen molar-refractivity contribution >= 4 is 21.7 Å². The first kappa shape index (κ1) is 22.0. The highest BCUT2D eigenvalue weighted by Crippen LogP contribution is 2.25. The van der Waals surface area contributed by atoms with Crippen LogP contribution in [0.2, 0.25) is 0 Å². The summed E-state index contributed by atoms with van der Waals surface area (Å²) in [5.74, 6) is -0.239. The van der Waals surface area contributed by atoms with Gasteiger partial charge in [-0.1, -0.05) is 13.3 Å². The molecule has 1 aromatic rings. The summed E-state index contributed by atoms with van der Waals surface area (Å²) in [4.78, 5) is 26.6. The molecule has 1 aliphatic heterocycles. The third-order valence-electron chi connectivity index (χ3n) is 4.68. The maximum Gasteiger partial charge on any atom is 0.342 e. The van der Waals surface area contributed by atoms with Gasteiger partial charge in [-0.2, -0.15) is 0 Å². The number of hydrogen-bond donors (Lipinski definition) is 0. The van der Waals surface area contributed by atoms with E-state index >= 15 is 0 Å². The van der Waals surface area contributed by atoms with Gasteiger partial charge in [0.05, 0.1) is 25.7 Å². The summed E-state index contributed by atoms with van der Waals surface area (Å²) in [7, 11) is -0.199. The Labute approximate surface area is 165 Å². The number of carbonyl (C=O) groups is 2. The van der Waals surface area contributed by atoms with Crippen LogP contribution in [0.25, 0.3) is 0 Å². The van der Waals surface area contributed by atoms with Crippen LogP contribution >= 0.6 is 0 Å². The van der Waals surface area contributed by atoms with Gasteiger partial charge >= 0.3 is 5.97 Å². The van der Waals surface area contributed by atoms with Gasteiger partial charge in [0.15, 0.2) is 16.4 Å². The quantitative estimate of drug-likeness (QED) is 0.568. The van der Waals surface area contributed by atoms with Gasteiger partial charge in [-0.15, -0.1) is 0 Å². The number of amides is 1. The Morgan fingerprint density at radius 2 is 1.96 bits per heavy atom. The van der Waals surface area contributed by atoms with Crippen molar-refractivity contribution in [3.8, 4) is 11.5 Å². The number of ether oxygens (including phenoxy) is 3. The fraction of sp³-hybridized carbons (Fsp3) is 0.579. The summed E-state index contributed by atoms with van der Waals surface area (Å²) in [5.41, 5.74) is 0.180. The number of rotatable bonds is 9. The van der Waals surface area contributed by atoms with E-state index in [1.807, 2.05) is 6.92 Å². The number of methoxy groups -OCH3 is 2. The van der Waals surface area contributed by atoms with Crippen LogP contribution in [0.15, 0.2) is 18.2 Å². The number of nitrogens with zero attached hydrogens (tertiary/aromatic N) is 1. The van der Waals surface area contributed by atoms with Gasteiger partial charge in [0.2, 0.25) is 0 Å². The molecule has 8 nitrogen and oxygen atoms in total. The minimum atomic E-state index is -3.12. The van der Waals surface area contributed by atoms with Crippen LogP contribution in [0.5, 0.6) is 11.5 Å². The van der Waals surface area contributed by atoms with Crippen LogP contribution in [0.1, 0.15) is 36.5 Å². The van der Waals surface area contributed by atoms with Crippen LogP contribution in [-0.2, 0) is 19.4 Å². The van der Waals surface area contributed by atoms with Crippen LogP contribution in [0.4, 0.5) is 0 Å². The number of unbranched alkanes of at least 4 members (excludes halogenated alkanes) is 1. The Morgan fingerprint density at radius 3 is 2.54 bits per heavy atom. The van der Waals surface area contributed by atoms with E-state index in [1.165, 1.54) is 25.2 Å². The summed E-state index contributed by atoms with van der Waals surface area (Å²) in [6, 6.07) is 4.29. The molecule has 1 fully saturated rings. The molecule has 0 aliphatic carbocycles. The monoisotopic (exact) mass is 413 g/mol. The van der Waals surface area contributed by atoms with Crippen LogP contribution in [0.3, 0.4) is 0 Å². The summed E-state index contributed by atoms with van der Waals surface area (Å²) in [6.45, 7) is 1.98. The normalized spacial score (nSPS) is 17.8. The van der Waals surface area contributed by atoms with Gasteiger partial charge in [0.25, 0.3) is 5.91 Å². The average Bonchev–Trinajstić information content (AvgIpc) is 3.05. The van der Waals surface area contributed by atoms with Gasteiger partial charge < -0.3 is 19.1 Å². The zero-order chi connectivity index (χ0) is 20.7. The standard InChI is InChI=1S/C19H27NO7S/c1-4-5-9-20(14-8-10-28(23,24)13-14)18(21)12-27-19(22)16-7-6-15(25-2)11-17(16)26-3/h6-7,11,14H,4-5,8-10,12-13H2,1-3H3/t14-/m0/s1. The minimum absolute atomic E-state index is 0.0390. The summed E-state index contributed by atoms with van der Waals surface area (Å²) < 4.78 is 39.0. The van der Waals surface area contributed by atoms with Crippen molar-refractivity contribution in [2.24, 2.45) is 0 Å². The SMILES string of the molecule is CCCCN(C(=O)COC(=O)c1ccc(OC)cc1OC)[C@H]1CCS(=O)(=O)C1. The van der Waals surface area contributed by atoms with Crippen molar-refractivity contribution in [1.29, 1.82) is 0 Å². The number of carbonyl (C=O) groups excluding carboxylic acids is 2. The maximum atomic E-state index is 12.6. The Hall–Kier alpha value is -2.29. The highest BCUT2D eigenvalue weighted by atomic mass is 32.2. The van der Waals surface area contributed by atoms with Crippen molar-refractivity contribution < 1.29 is 32.2 Å². The second-order valence-electron chi connectivity index (χ2n) is 6.64. The lowest BCUT2D eigenvalue weighted by Gasteiger charge is -2.28. The molecule has 1 saturated heterocycles. The van der Waals surface area contributed by atoms with E-state index in [1.54, 1.807) is 12.1 Å². The first-order chi connectivity index (χ1) is 13.3. The topological polar surface area (TPSA) is 99.2 Å². The number of hydrogen-bond acceptors (Lipinski definition) is 7. The van der Waals surface area contributed by atoms with Crippen molar-refractivity contribution in [3.63, 3.8) is 0 Å². The zero-order valence-corrected chi connectivity index (χ0v) is 17.3. The molecular weight excluding hydrogens is 386 g/mol. The molecule has 2 rings (SSSR count). The van der Waals surface area contributed by atoms with E-state index in [9.17, 15) is 18.0 Å². The van der Waals surface area contributed by atoms with Gasteiger partial charge in [0, 0.05) is 18.7 Å². The largest absolute Gasteiger partial charge is 0.497 e. The van der Waals surface area contributed by atoms with Crippen molar-refractivity contribution in [1.82, 2.24) is 4.90 Å². The number of benzene rings is 1. The zero-order valence-electron chi connectivity index (χ0n) is 16.5. The van der Waals surface area contributed by atoms with E-state index in [0.29, 0.717) is 18.7 Å². The summed E-state index contributed by atoms with van der Waals surface area (Å²) >= 11 is 0. The molecule has 9 heteroatoms. The Morgan fingerprint density at radius 1 is 1.21 bits per heavy atom. The maximum absolute atomic E-state index is 12.6. The number of sulfone groups is 1. The van der Waals surface area contributed by atoms with Gasteiger partial charge in [-0.25, -0.2) is 13.2 Å². The molecule has 0 spiro atoms. The average molecular weight is 413 g/mol. The highest BCUT2D eigenvalue weighted by molar-refractivity contribution is 7.91. The first-order valence-electron chi connectivity index (χ1n) is 9.20. The van der Waals surface area contributed by atoms with Crippen LogP contribution in [0, 0.1) is 0 Å². The first-order valence-corrected chi connectivity index (χ1v) is 11.0. The van der Waals surface area contributed by atoms with E-state index in [0.717, 1.165) is 12.8 Å². The highest BCUT2D eigenvalue weighted by Gasteiger charge is 2.34. The van der Waals surface area contributed by atoms with E-state index in [2.05, 4.69) is 0 Å². The lowest BCUT2D eigenvalue weighted by Crippen LogP contribution is -2.43. The van der Waals surface area contributed by atoms with Crippen molar-refractivity contribution in [3.05, 3.63) is 23.8 Å². The van der Waals surface area contributed by atoms with E-state index < -0.39 is 28.3 Å². The molecule has 0 bridgehead atoms.